The molecule has 29 heavy (non-hydrogen) atoms. The van der Waals surface area contributed by atoms with Gasteiger partial charge in [-0.25, -0.2) is 0 Å². The van der Waals surface area contributed by atoms with Crippen LogP contribution in [0.2, 0.25) is 0 Å². The van der Waals surface area contributed by atoms with E-state index in [1.165, 1.54) is 25.7 Å². The lowest BCUT2D eigenvalue weighted by atomic mass is 10.2. The minimum absolute atomic E-state index is 0.0891. The van der Waals surface area contributed by atoms with Crippen molar-refractivity contribution in [2.24, 2.45) is 0 Å². The Balaban J connectivity index is 4.16. The molecule has 0 atom stereocenters. The lowest BCUT2D eigenvalue weighted by molar-refractivity contribution is -0.922. The number of quaternary nitrogens is 1. The van der Waals surface area contributed by atoms with E-state index in [0.717, 1.165) is 43.5 Å². The fraction of sp³-hybridized carbons (Fsp3) is 0.750. The van der Waals surface area contributed by atoms with Crippen molar-refractivity contribution in [3.8, 4) is 0 Å². The summed E-state index contributed by atoms with van der Waals surface area (Å²) in [6.07, 6.45) is 15.9. The van der Waals surface area contributed by atoms with E-state index in [1.54, 1.807) is 0 Å². The molecule has 168 valence electrons. The predicted octanol–water partition coefficient (Wildman–Crippen LogP) is 4.35. The van der Waals surface area contributed by atoms with Crippen LogP contribution in [-0.2, 0) is 9.59 Å². The Morgan fingerprint density at radius 1 is 0.690 bits per heavy atom. The lowest BCUT2D eigenvalue weighted by Crippen LogP contribution is -2.54. The fourth-order valence-corrected chi connectivity index (χ4v) is 3.24. The zero-order valence-electron chi connectivity index (χ0n) is 19.5. The number of allylic oxidation sites excluding steroid dienone is 2. The zero-order valence-corrected chi connectivity index (χ0v) is 19.5. The summed E-state index contributed by atoms with van der Waals surface area (Å²) in [7, 11) is 0. The van der Waals surface area contributed by atoms with Gasteiger partial charge in [-0.2, -0.15) is 0 Å². The van der Waals surface area contributed by atoms with E-state index in [0.29, 0.717) is 25.9 Å². The topological polar surface area (TPSA) is 58.2 Å². The van der Waals surface area contributed by atoms with Crippen LogP contribution in [0.15, 0.2) is 24.3 Å². The summed E-state index contributed by atoms with van der Waals surface area (Å²) in [6.45, 7) is 13.8. The van der Waals surface area contributed by atoms with Crippen LogP contribution in [0.3, 0.4) is 0 Å². The summed E-state index contributed by atoms with van der Waals surface area (Å²) < 4.78 is 0.902. The Bertz CT molecular complexity index is 443. The van der Waals surface area contributed by atoms with Crippen LogP contribution in [0.4, 0.5) is 0 Å². The number of nitrogens with one attached hydrogen (secondary N) is 2. The second-order valence-electron chi connectivity index (χ2n) is 7.76. The predicted molar refractivity (Wildman–Crippen MR) is 124 cm³/mol. The third kappa shape index (κ3) is 15.0. The molecule has 0 rings (SSSR count). The Morgan fingerprint density at radius 2 is 1.10 bits per heavy atom. The number of amides is 2. The van der Waals surface area contributed by atoms with Crippen LogP contribution >= 0.6 is 0 Å². The number of likely N-dealkylation sites (N-methyl/N-ethyl adjacent to an activating group) is 1. The summed E-state index contributed by atoms with van der Waals surface area (Å²) in [5, 5.41) is 6.08. The number of unbranched alkanes of at least 4 members (excludes halogenated alkanes) is 4. The summed E-state index contributed by atoms with van der Waals surface area (Å²) in [5.74, 6) is 0.178. The highest BCUT2D eigenvalue weighted by Crippen LogP contribution is 2.05. The van der Waals surface area contributed by atoms with Crippen molar-refractivity contribution in [2.45, 2.75) is 79.1 Å². The van der Waals surface area contributed by atoms with Gasteiger partial charge in [0, 0.05) is 12.8 Å². The fourth-order valence-electron chi connectivity index (χ4n) is 3.24. The van der Waals surface area contributed by atoms with Gasteiger partial charge < -0.3 is 15.1 Å². The molecule has 0 radical (unpaired) electrons. The maximum atomic E-state index is 12.0. The molecular weight excluding hydrogens is 362 g/mol. The molecule has 0 aliphatic heterocycles. The molecule has 5 nitrogen and oxygen atoms in total. The van der Waals surface area contributed by atoms with Gasteiger partial charge in [-0.3, -0.25) is 9.59 Å². The number of nitrogens with zero attached hydrogens (tertiary/aromatic N) is 1. The van der Waals surface area contributed by atoms with Crippen molar-refractivity contribution < 1.29 is 14.1 Å². The van der Waals surface area contributed by atoms with Crippen molar-refractivity contribution >= 4 is 11.8 Å². The molecule has 0 aliphatic rings. The monoisotopic (exact) mass is 408 g/mol. The van der Waals surface area contributed by atoms with E-state index < -0.39 is 0 Å². The van der Waals surface area contributed by atoms with Crippen molar-refractivity contribution in [1.82, 2.24) is 10.6 Å². The summed E-state index contributed by atoms with van der Waals surface area (Å²) in [4.78, 5) is 24.0. The lowest BCUT2D eigenvalue weighted by Gasteiger charge is -2.37. The molecular formula is C24H46N3O2+. The molecule has 0 heterocycles. The van der Waals surface area contributed by atoms with Gasteiger partial charge in [-0.05, 0) is 26.7 Å². The number of rotatable bonds is 18. The van der Waals surface area contributed by atoms with E-state index in [-0.39, 0.29) is 11.8 Å². The molecule has 5 heteroatoms. The van der Waals surface area contributed by atoms with E-state index in [9.17, 15) is 9.59 Å². The molecule has 0 saturated carbocycles. The second kappa shape index (κ2) is 18.4. The van der Waals surface area contributed by atoms with Crippen LogP contribution in [0.25, 0.3) is 0 Å². The van der Waals surface area contributed by atoms with Crippen molar-refractivity contribution in [2.75, 3.05) is 39.3 Å². The Hall–Kier alpha value is -1.62. The Kier molecular flexibility index (Phi) is 17.4. The minimum Gasteiger partial charge on any atom is -0.350 e. The van der Waals surface area contributed by atoms with Gasteiger partial charge in [-0.15, -0.1) is 0 Å². The van der Waals surface area contributed by atoms with E-state index >= 15 is 0 Å². The van der Waals surface area contributed by atoms with Crippen LogP contribution in [0, 0.1) is 0 Å². The summed E-state index contributed by atoms with van der Waals surface area (Å²) in [5.41, 5.74) is 0. The van der Waals surface area contributed by atoms with Crippen LogP contribution < -0.4 is 10.6 Å². The maximum Gasteiger partial charge on any atom is 0.224 e. The minimum atomic E-state index is 0.0891. The smallest absolute Gasteiger partial charge is 0.224 e. The first-order chi connectivity index (χ1) is 14.0. The van der Waals surface area contributed by atoms with Crippen LogP contribution in [0.5, 0.6) is 0 Å². The van der Waals surface area contributed by atoms with Gasteiger partial charge in [-0.1, -0.05) is 63.8 Å². The van der Waals surface area contributed by atoms with Crippen molar-refractivity contribution in [3.63, 3.8) is 0 Å². The van der Waals surface area contributed by atoms with E-state index in [4.69, 9.17) is 0 Å². The van der Waals surface area contributed by atoms with Gasteiger partial charge in [0.05, 0.1) is 39.3 Å². The highest BCUT2D eigenvalue weighted by Gasteiger charge is 2.22. The highest BCUT2D eigenvalue weighted by atomic mass is 16.2. The first kappa shape index (κ1) is 27.4. The van der Waals surface area contributed by atoms with Gasteiger partial charge in [0.25, 0.3) is 0 Å². The van der Waals surface area contributed by atoms with Gasteiger partial charge in [0.15, 0.2) is 0 Å². The molecule has 0 aromatic heterocycles. The third-order valence-electron chi connectivity index (χ3n) is 5.55. The molecule has 0 saturated heterocycles. The Labute approximate surface area is 179 Å². The Morgan fingerprint density at radius 3 is 1.45 bits per heavy atom. The quantitative estimate of drug-likeness (QED) is 0.201. The van der Waals surface area contributed by atoms with Crippen LogP contribution in [0.1, 0.15) is 79.1 Å². The molecule has 0 aliphatic carbocycles. The average Bonchev–Trinajstić information content (AvgIpc) is 2.72. The molecule has 0 bridgehead atoms. The second-order valence-corrected chi connectivity index (χ2v) is 7.76. The third-order valence-corrected chi connectivity index (χ3v) is 5.55. The summed E-state index contributed by atoms with van der Waals surface area (Å²) in [6, 6.07) is 0. The molecule has 0 spiro atoms. The molecule has 0 aromatic rings. The van der Waals surface area contributed by atoms with Gasteiger partial charge in [0.2, 0.25) is 11.8 Å². The largest absolute Gasteiger partial charge is 0.350 e. The number of carbonyl (C=O) groups excluding carboxylic acids is 2. The molecule has 2 N–H and O–H groups in total. The normalized spacial score (nSPS) is 12.0. The summed E-state index contributed by atoms with van der Waals surface area (Å²) >= 11 is 0. The first-order valence-electron chi connectivity index (χ1n) is 11.7. The molecule has 0 aromatic carbocycles. The van der Waals surface area contributed by atoms with Crippen LogP contribution in [-0.4, -0.2) is 55.6 Å². The number of hydrogen-bond donors (Lipinski definition) is 2. The standard InChI is InChI=1S/C24H45N3O2/c1-5-9-11-13-15-17-23(28)25-19-21-27(7-3,8-4)22-20-26-24(29)18-16-14-12-10-6-2/h13-16H,5-12,17-22H2,1-4H3,(H-,25,26,28,29)/p+1/b15-13+,16-14+. The molecule has 0 fully saturated rings. The maximum absolute atomic E-state index is 12.0. The van der Waals surface area contributed by atoms with Gasteiger partial charge in [0.1, 0.15) is 0 Å². The highest BCUT2D eigenvalue weighted by molar-refractivity contribution is 5.77. The number of hydrogen-bond acceptors (Lipinski definition) is 2. The van der Waals surface area contributed by atoms with E-state index in [2.05, 4.69) is 50.5 Å². The number of carbonyl (C=O) groups is 2. The van der Waals surface area contributed by atoms with Crippen molar-refractivity contribution in [3.05, 3.63) is 24.3 Å². The van der Waals surface area contributed by atoms with E-state index in [1.807, 2.05) is 12.2 Å². The average molecular weight is 409 g/mol. The van der Waals surface area contributed by atoms with Gasteiger partial charge >= 0.3 is 0 Å². The first-order valence-corrected chi connectivity index (χ1v) is 11.7. The molecule has 2 amide bonds. The molecule has 0 unspecified atom stereocenters. The zero-order chi connectivity index (χ0) is 21.8. The SMILES string of the molecule is CCCC/C=C/CC(=O)NCC[N+](CC)(CC)CCNC(=O)C/C=C/CCCC. The van der Waals surface area contributed by atoms with Crippen molar-refractivity contribution in [1.29, 1.82) is 0 Å².